The normalized spacial score (nSPS) is 10.3. The Hall–Kier alpha value is -1.45. The lowest BCUT2D eigenvalue weighted by molar-refractivity contribution is 0.410. The van der Waals surface area contributed by atoms with Crippen molar-refractivity contribution in [3.63, 3.8) is 0 Å². The van der Waals surface area contributed by atoms with Crippen molar-refractivity contribution >= 4 is 28.9 Å². The highest BCUT2D eigenvalue weighted by molar-refractivity contribution is 6.31. The van der Waals surface area contributed by atoms with Crippen LogP contribution in [0.3, 0.4) is 0 Å². The van der Waals surface area contributed by atoms with Crippen LogP contribution < -0.4 is 10.1 Å². The number of nitrogens with one attached hydrogen (secondary N) is 1. The molecule has 0 spiro atoms. The average Bonchev–Trinajstić information content (AvgIpc) is 2.39. The van der Waals surface area contributed by atoms with Gasteiger partial charge in [0.15, 0.2) is 0 Å². The molecule has 1 N–H and O–H groups in total. The predicted octanol–water partition coefficient (Wildman–Crippen LogP) is 4.75. The molecule has 0 fully saturated rings. The SMILES string of the molecule is COc1cccc(Cl)c1CNc1ccc(Cl)cc1F. The smallest absolute Gasteiger partial charge is 0.147 e. The van der Waals surface area contributed by atoms with Gasteiger partial charge in [0.25, 0.3) is 0 Å². The van der Waals surface area contributed by atoms with Gasteiger partial charge < -0.3 is 10.1 Å². The monoisotopic (exact) mass is 299 g/mol. The topological polar surface area (TPSA) is 21.3 Å². The largest absolute Gasteiger partial charge is 0.496 e. The molecule has 0 aliphatic carbocycles. The summed E-state index contributed by atoms with van der Waals surface area (Å²) in [4.78, 5) is 0. The van der Waals surface area contributed by atoms with Gasteiger partial charge in [-0.25, -0.2) is 4.39 Å². The van der Waals surface area contributed by atoms with Gasteiger partial charge in [-0.15, -0.1) is 0 Å². The molecule has 2 nitrogen and oxygen atoms in total. The number of ether oxygens (including phenoxy) is 1. The van der Waals surface area contributed by atoms with E-state index in [9.17, 15) is 4.39 Å². The molecular formula is C14H12Cl2FNO. The highest BCUT2D eigenvalue weighted by Crippen LogP contribution is 2.28. The molecule has 0 aliphatic rings. The number of methoxy groups -OCH3 is 1. The second-order valence-electron chi connectivity index (χ2n) is 3.90. The molecule has 0 heterocycles. The molecule has 0 amide bonds. The number of hydrogen-bond donors (Lipinski definition) is 1. The molecule has 0 unspecified atom stereocenters. The summed E-state index contributed by atoms with van der Waals surface area (Å²) >= 11 is 11.8. The molecule has 0 bridgehead atoms. The number of benzene rings is 2. The molecule has 19 heavy (non-hydrogen) atoms. The Morgan fingerprint density at radius 3 is 2.68 bits per heavy atom. The van der Waals surface area contributed by atoms with E-state index in [1.165, 1.54) is 6.07 Å². The molecule has 0 saturated carbocycles. The Bertz CT molecular complexity index is 590. The summed E-state index contributed by atoms with van der Waals surface area (Å²) in [5, 5.41) is 3.90. The minimum atomic E-state index is -0.404. The highest BCUT2D eigenvalue weighted by Gasteiger charge is 2.09. The van der Waals surface area contributed by atoms with Crippen molar-refractivity contribution < 1.29 is 9.13 Å². The average molecular weight is 300 g/mol. The summed E-state index contributed by atoms with van der Waals surface area (Å²) < 4.78 is 18.8. The molecule has 0 atom stereocenters. The van der Waals surface area contributed by atoms with Crippen LogP contribution in [-0.4, -0.2) is 7.11 Å². The summed E-state index contributed by atoms with van der Waals surface area (Å²) in [5.41, 5.74) is 1.15. The van der Waals surface area contributed by atoms with Crippen LogP contribution in [-0.2, 0) is 6.54 Å². The zero-order valence-electron chi connectivity index (χ0n) is 10.2. The van der Waals surface area contributed by atoms with Gasteiger partial charge in [0.2, 0.25) is 0 Å². The van der Waals surface area contributed by atoms with Crippen molar-refractivity contribution in [3.05, 3.63) is 57.8 Å². The van der Waals surface area contributed by atoms with E-state index in [4.69, 9.17) is 27.9 Å². The van der Waals surface area contributed by atoms with Crippen molar-refractivity contribution in [2.45, 2.75) is 6.54 Å². The molecular weight excluding hydrogens is 288 g/mol. The quantitative estimate of drug-likeness (QED) is 0.879. The van der Waals surface area contributed by atoms with Gasteiger partial charge >= 0.3 is 0 Å². The second-order valence-corrected chi connectivity index (χ2v) is 4.74. The Labute approximate surface area is 121 Å². The van der Waals surface area contributed by atoms with Crippen molar-refractivity contribution in [2.75, 3.05) is 12.4 Å². The fourth-order valence-corrected chi connectivity index (χ4v) is 2.11. The van der Waals surface area contributed by atoms with Crippen molar-refractivity contribution in [2.24, 2.45) is 0 Å². The minimum absolute atomic E-state index is 0.360. The lowest BCUT2D eigenvalue weighted by atomic mass is 10.2. The van der Waals surface area contributed by atoms with Gasteiger partial charge in [-0.2, -0.15) is 0 Å². The Kier molecular flexibility index (Phi) is 4.51. The third kappa shape index (κ3) is 3.31. The molecule has 5 heteroatoms. The van der Waals surface area contributed by atoms with E-state index in [1.807, 2.05) is 0 Å². The first-order valence-corrected chi connectivity index (χ1v) is 6.37. The summed E-state index contributed by atoms with van der Waals surface area (Å²) in [6.07, 6.45) is 0. The van der Waals surface area contributed by atoms with Crippen molar-refractivity contribution in [1.82, 2.24) is 0 Å². The molecule has 2 rings (SSSR count). The number of anilines is 1. The maximum absolute atomic E-state index is 13.6. The zero-order chi connectivity index (χ0) is 13.8. The van der Waals surface area contributed by atoms with Gasteiger partial charge in [-0.1, -0.05) is 29.3 Å². The van der Waals surface area contributed by atoms with Gasteiger partial charge in [0.05, 0.1) is 12.8 Å². The van der Waals surface area contributed by atoms with Crippen LogP contribution in [0, 0.1) is 5.82 Å². The maximum atomic E-state index is 13.6. The van der Waals surface area contributed by atoms with Crippen LogP contribution in [0.1, 0.15) is 5.56 Å². The summed E-state index contributed by atoms with van der Waals surface area (Å²) in [6.45, 7) is 0.362. The van der Waals surface area contributed by atoms with E-state index in [0.29, 0.717) is 28.0 Å². The van der Waals surface area contributed by atoms with Crippen molar-refractivity contribution in [3.8, 4) is 5.75 Å². The van der Waals surface area contributed by atoms with Crippen molar-refractivity contribution in [1.29, 1.82) is 0 Å². The summed E-state index contributed by atoms with van der Waals surface area (Å²) in [5.74, 6) is 0.257. The lowest BCUT2D eigenvalue weighted by Crippen LogP contribution is -2.04. The molecule has 100 valence electrons. The van der Waals surface area contributed by atoms with E-state index >= 15 is 0 Å². The van der Waals surface area contributed by atoms with Crippen LogP contribution in [0.2, 0.25) is 10.0 Å². The second kappa shape index (κ2) is 6.13. The van der Waals surface area contributed by atoms with E-state index in [2.05, 4.69) is 5.32 Å². The third-order valence-electron chi connectivity index (χ3n) is 2.68. The maximum Gasteiger partial charge on any atom is 0.147 e. The van der Waals surface area contributed by atoms with E-state index < -0.39 is 5.82 Å². The van der Waals surface area contributed by atoms with Gasteiger partial charge in [-0.3, -0.25) is 0 Å². The molecule has 0 radical (unpaired) electrons. The highest BCUT2D eigenvalue weighted by atomic mass is 35.5. The fraction of sp³-hybridized carbons (Fsp3) is 0.143. The van der Waals surface area contributed by atoms with Crippen LogP contribution >= 0.6 is 23.2 Å². The standard InChI is InChI=1S/C14H12Cl2FNO/c1-19-14-4-2-3-11(16)10(14)8-18-13-6-5-9(15)7-12(13)17/h2-7,18H,8H2,1H3. The molecule has 0 saturated heterocycles. The fourth-order valence-electron chi connectivity index (χ4n) is 1.72. The van der Waals surface area contributed by atoms with Crippen LogP contribution in [0.15, 0.2) is 36.4 Å². The first-order valence-electron chi connectivity index (χ1n) is 5.62. The third-order valence-corrected chi connectivity index (χ3v) is 3.27. The summed E-state index contributed by atoms with van der Waals surface area (Å²) in [6, 6.07) is 9.83. The minimum Gasteiger partial charge on any atom is -0.496 e. The molecule has 2 aromatic carbocycles. The Morgan fingerprint density at radius 2 is 2.00 bits per heavy atom. The van der Waals surface area contributed by atoms with Gasteiger partial charge in [0, 0.05) is 22.2 Å². The number of halogens is 3. The molecule has 0 aromatic heterocycles. The van der Waals surface area contributed by atoms with Gasteiger partial charge in [0.1, 0.15) is 11.6 Å². The first-order chi connectivity index (χ1) is 9.11. The first kappa shape index (κ1) is 14.0. The zero-order valence-corrected chi connectivity index (χ0v) is 11.7. The summed E-state index contributed by atoms with van der Waals surface area (Å²) in [7, 11) is 1.57. The predicted molar refractivity (Wildman–Crippen MR) is 76.7 cm³/mol. The van der Waals surface area contributed by atoms with Gasteiger partial charge in [-0.05, 0) is 30.3 Å². The number of hydrogen-bond acceptors (Lipinski definition) is 2. The van der Waals surface area contributed by atoms with Crippen LogP contribution in [0.25, 0.3) is 0 Å². The molecule has 2 aromatic rings. The Balaban J connectivity index is 2.19. The van der Waals surface area contributed by atoms with E-state index in [1.54, 1.807) is 37.4 Å². The lowest BCUT2D eigenvalue weighted by Gasteiger charge is -2.12. The Morgan fingerprint density at radius 1 is 1.21 bits per heavy atom. The van der Waals surface area contributed by atoms with E-state index in [-0.39, 0.29) is 0 Å². The number of rotatable bonds is 4. The van der Waals surface area contributed by atoms with Crippen LogP contribution in [0.4, 0.5) is 10.1 Å². The van der Waals surface area contributed by atoms with Crippen LogP contribution in [0.5, 0.6) is 5.75 Å². The van der Waals surface area contributed by atoms with E-state index in [0.717, 1.165) is 5.56 Å². The molecule has 0 aliphatic heterocycles.